The number of hydrogen-bond acceptors (Lipinski definition) is 4. The molecule has 0 aliphatic heterocycles. The first-order valence-electron chi connectivity index (χ1n) is 7.03. The third-order valence-corrected chi connectivity index (χ3v) is 3.26. The van der Waals surface area contributed by atoms with Crippen LogP contribution in [0.5, 0.6) is 5.75 Å². The van der Waals surface area contributed by atoms with Gasteiger partial charge in [-0.05, 0) is 26.0 Å². The van der Waals surface area contributed by atoms with E-state index in [1.807, 2.05) is 43.0 Å². The Hall–Kier alpha value is -1.75. The molecule has 0 saturated carbocycles. The molecule has 5 nitrogen and oxygen atoms in total. The average Bonchev–Trinajstić information content (AvgIpc) is 2.48. The number of carbonyl (C=O) groups is 1. The molecule has 5 heteroatoms. The lowest BCUT2D eigenvalue weighted by molar-refractivity contribution is -0.131. The second kappa shape index (κ2) is 8.43. The Morgan fingerprint density at radius 2 is 2.10 bits per heavy atom. The number of carbonyl (C=O) groups excluding carboxylic acids is 1. The van der Waals surface area contributed by atoms with Gasteiger partial charge in [0.15, 0.2) is 0 Å². The lowest BCUT2D eigenvalue weighted by atomic mass is 10.1. The summed E-state index contributed by atoms with van der Waals surface area (Å²) in [6, 6.07) is 7.54. The van der Waals surface area contributed by atoms with E-state index in [1.54, 1.807) is 7.11 Å². The van der Waals surface area contributed by atoms with Gasteiger partial charge in [-0.3, -0.25) is 4.79 Å². The van der Waals surface area contributed by atoms with Crippen LogP contribution in [0.1, 0.15) is 20.3 Å². The third-order valence-electron chi connectivity index (χ3n) is 3.26. The summed E-state index contributed by atoms with van der Waals surface area (Å²) >= 11 is 0. The Morgan fingerprint density at radius 3 is 2.65 bits per heavy atom. The fourth-order valence-electron chi connectivity index (χ4n) is 2.06. The van der Waals surface area contributed by atoms with Crippen molar-refractivity contribution in [2.45, 2.75) is 26.3 Å². The van der Waals surface area contributed by atoms with Crippen molar-refractivity contribution in [3.63, 3.8) is 0 Å². The number of amides is 1. The number of nitrogens with two attached hydrogens (primary N) is 1. The molecule has 0 saturated heterocycles. The predicted molar refractivity (Wildman–Crippen MR) is 82.0 cm³/mol. The largest absolute Gasteiger partial charge is 0.497 e. The highest BCUT2D eigenvalue weighted by Gasteiger charge is 2.16. The van der Waals surface area contributed by atoms with Crippen molar-refractivity contribution in [2.75, 3.05) is 32.1 Å². The van der Waals surface area contributed by atoms with E-state index in [1.165, 1.54) is 0 Å². The van der Waals surface area contributed by atoms with Gasteiger partial charge in [-0.2, -0.15) is 0 Å². The number of anilines is 1. The van der Waals surface area contributed by atoms with Crippen LogP contribution in [0.2, 0.25) is 0 Å². The number of nitrogens with zero attached hydrogens (tertiary/aromatic N) is 1. The van der Waals surface area contributed by atoms with E-state index in [0.717, 1.165) is 24.5 Å². The minimum atomic E-state index is -0.0739. The van der Waals surface area contributed by atoms with Crippen molar-refractivity contribution < 1.29 is 9.53 Å². The Balaban J connectivity index is 2.64. The van der Waals surface area contributed by atoms with Crippen LogP contribution in [-0.2, 0) is 4.79 Å². The maximum atomic E-state index is 12.1. The average molecular weight is 279 g/mol. The fourth-order valence-corrected chi connectivity index (χ4v) is 2.06. The maximum absolute atomic E-state index is 12.1. The first-order valence-corrected chi connectivity index (χ1v) is 7.03. The topological polar surface area (TPSA) is 67.6 Å². The standard InChI is InChI=1S/C15H25N3O2/c1-4-18(5-2)15(19)10-13(11-16)17-12-7-6-8-14(9-12)20-3/h6-9,13,17H,4-5,10-11,16H2,1-3H3. The van der Waals surface area contributed by atoms with Crippen LogP contribution in [0.4, 0.5) is 5.69 Å². The van der Waals surface area contributed by atoms with Gasteiger partial charge < -0.3 is 20.7 Å². The van der Waals surface area contributed by atoms with Gasteiger partial charge in [0, 0.05) is 43.9 Å². The first-order chi connectivity index (χ1) is 9.64. The molecule has 0 spiro atoms. The highest BCUT2D eigenvalue weighted by atomic mass is 16.5. The number of benzene rings is 1. The van der Waals surface area contributed by atoms with Crippen LogP contribution >= 0.6 is 0 Å². The molecule has 1 rings (SSSR count). The first kappa shape index (κ1) is 16.3. The van der Waals surface area contributed by atoms with E-state index < -0.39 is 0 Å². The van der Waals surface area contributed by atoms with Crippen LogP contribution in [0.3, 0.4) is 0 Å². The Kier molecular flexibility index (Phi) is 6.87. The molecule has 0 fully saturated rings. The van der Waals surface area contributed by atoms with Gasteiger partial charge in [0.05, 0.1) is 7.11 Å². The summed E-state index contributed by atoms with van der Waals surface area (Å²) in [5.41, 5.74) is 6.67. The van der Waals surface area contributed by atoms with Crippen molar-refractivity contribution in [3.8, 4) is 5.75 Å². The second-order valence-corrected chi connectivity index (χ2v) is 4.58. The molecule has 112 valence electrons. The summed E-state index contributed by atoms with van der Waals surface area (Å²) < 4.78 is 5.18. The van der Waals surface area contributed by atoms with Crippen LogP contribution in [0.15, 0.2) is 24.3 Å². The van der Waals surface area contributed by atoms with Crippen molar-refractivity contribution >= 4 is 11.6 Å². The predicted octanol–water partition coefficient (Wildman–Crippen LogP) is 1.69. The molecule has 20 heavy (non-hydrogen) atoms. The smallest absolute Gasteiger partial charge is 0.224 e. The lowest BCUT2D eigenvalue weighted by Gasteiger charge is -2.23. The summed E-state index contributed by atoms with van der Waals surface area (Å²) in [5.74, 6) is 0.904. The summed E-state index contributed by atoms with van der Waals surface area (Å²) in [6.07, 6.45) is 0.398. The number of methoxy groups -OCH3 is 1. The molecule has 1 aromatic carbocycles. The van der Waals surface area contributed by atoms with Gasteiger partial charge in [-0.1, -0.05) is 6.07 Å². The molecule has 0 bridgehead atoms. The molecule has 1 atom stereocenters. The normalized spacial score (nSPS) is 11.8. The highest BCUT2D eigenvalue weighted by molar-refractivity contribution is 5.77. The van der Waals surface area contributed by atoms with E-state index in [4.69, 9.17) is 10.5 Å². The fraction of sp³-hybridized carbons (Fsp3) is 0.533. The van der Waals surface area contributed by atoms with Gasteiger partial charge in [-0.15, -0.1) is 0 Å². The monoisotopic (exact) mass is 279 g/mol. The third kappa shape index (κ3) is 4.74. The van der Waals surface area contributed by atoms with Crippen LogP contribution in [0.25, 0.3) is 0 Å². The van der Waals surface area contributed by atoms with Gasteiger partial charge in [0.1, 0.15) is 5.75 Å². The molecule has 1 amide bonds. The molecular formula is C15H25N3O2. The molecule has 3 N–H and O–H groups in total. The molecular weight excluding hydrogens is 254 g/mol. The van der Waals surface area contributed by atoms with Crippen LogP contribution < -0.4 is 15.8 Å². The van der Waals surface area contributed by atoms with Crippen molar-refractivity contribution in [1.29, 1.82) is 0 Å². The van der Waals surface area contributed by atoms with Crippen LogP contribution in [-0.4, -0.2) is 43.6 Å². The van der Waals surface area contributed by atoms with E-state index in [-0.39, 0.29) is 11.9 Å². The molecule has 0 heterocycles. The second-order valence-electron chi connectivity index (χ2n) is 4.58. The molecule has 0 aromatic heterocycles. The molecule has 0 aliphatic rings. The van der Waals surface area contributed by atoms with Crippen molar-refractivity contribution in [3.05, 3.63) is 24.3 Å². The van der Waals surface area contributed by atoms with Crippen LogP contribution in [0, 0.1) is 0 Å². The molecule has 0 radical (unpaired) electrons. The zero-order valence-corrected chi connectivity index (χ0v) is 12.6. The number of rotatable bonds is 8. The summed E-state index contributed by atoms with van der Waals surface area (Å²) in [5, 5.41) is 3.28. The minimum Gasteiger partial charge on any atom is -0.497 e. The van der Waals surface area contributed by atoms with Crippen molar-refractivity contribution in [2.24, 2.45) is 5.73 Å². The highest BCUT2D eigenvalue weighted by Crippen LogP contribution is 2.18. The Labute approximate surface area is 121 Å². The van der Waals surface area contributed by atoms with E-state index >= 15 is 0 Å². The zero-order chi connectivity index (χ0) is 15.0. The molecule has 0 aliphatic carbocycles. The number of hydrogen-bond donors (Lipinski definition) is 2. The van der Waals surface area contributed by atoms with E-state index in [9.17, 15) is 4.79 Å². The van der Waals surface area contributed by atoms with Crippen molar-refractivity contribution in [1.82, 2.24) is 4.90 Å². The quantitative estimate of drug-likeness (QED) is 0.760. The minimum absolute atomic E-state index is 0.0739. The Morgan fingerprint density at radius 1 is 1.40 bits per heavy atom. The maximum Gasteiger partial charge on any atom is 0.224 e. The summed E-state index contributed by atoms with van der Waals surface area (Å²) in [7, 11) is 1.63. The van der Waals surface area contributed by atoms with Gasteiger partial charge in [-0.25, -0.2) is 0 Å². The number of ether oxygens (including phenoxy) is 1. The lowest BCUT2D eigenvalue weighted by Crippen LogP contribution is -2.38. The van der Waals surface area contributed by atoms with Gasteiger partial charge in [0.2, 0.25) is 5.91 Å². The molecule has 1 unspecified atom stereocenters. The number of nitrogens with one attached hydrogen (secondary N) is 1. The van der Waals surface area contributed by atoms with Gasteiger partial charge >= 0.3 is 0 Å². The Bertz CT molecular complexity index is 419. The molecule has 1 aromatic rings. The van der Waals surface area contributed by atoms with E-state index in [2.05, 4.69) is 5.32 Å². The zero-order valence-electron chi connectivity index (χ0n) is 12.6. The summed E-state index contributed by atoms with van der Waals surface area (Å²) in [6.45, 7) is 5.82. The summed E-state index contributed by atoms with van der Waals surface area (Å²) in [4.78, 5) is 13.9. The van der Waals surface area contributed by atoms with E-state index in [0.29, 0.717) is 13.0 Å². The SMILES string of the molecule is CCN(CC)C(=O)CC(CN)Nc1cccc(OC)c1. The van der Waals surface area contributed by atoms with Gasteiger partial charge in [0.25, 0.3) is 0 Å².